The third kappa shape index (κ3) is 2.07. The molecule has 0 saturated carbocycles. The van der Waals surface area contributed by atoms with Crippen LogP contribution in [0, 0.1) is 0 Å². The van der Waals surface area contributed by atoms with E-state index in [-0.39, 0.29) is 12.1 Å². The summed E-state index contributed by atoms with van der Waals surface area (Å²) in [6.07, 6.45) is 2.98. The summed E-state index contributed by atoms with van der Waals surface area (Å²) in [7, 11) is 0. The van der Waals surface area contributed by atoms with Gasteiger partial charge in [-0.2, -0.15) is 0 Å². The first-order valence-electron chi connectivity index (χ1n) is 4.04. The molecule has 0 aliphatic heterocycles. The molecule has 15 heavy (non-hydrogen) atoms. The Hall–Kier alpha value is -1.21. The van der Waals surface area contributed by atoms with Crippen LogP contribution in [-0.4, -0.2) is 14.5 Å². The molecule has 0 aromatic carbocycles. The zero-order chi connectivity index (χ0) is 10.8. The van der Waals surface area contributed by atoms with Crippen molar-refractivity contribution in [3.63, 3.8) is 0 Å². The number of H-pyrrole nitrogens is 1. The molecule has 0 bridgehead atoms. The average Bonchev–Trinajstić information content (AvgIpc) is 2.71. The van der Waals surface area contributed by atoms with Gasteiger partial charge in [0.25, 0.3) is 5.56 Å². The Kier molecular flexibility index (Phi) is 2.83. The van der Waals surface area contributed by atoms with E-state index in [1.807, 2.05) is 0 Å². The fourth-order valence-corrected chi connectivity index (χ4v) is 2.02. The molecule has 0 radical (unpaired) electrons. The lowest BCUT2D eigenvalue weighted by molar-refractivity contribution is 0.700. The van der Waals surface area contributed by atoms with E-state index >= 15 is 0 Å². The van der Waals surface area contributed by atoms with Crippen molar-refractivity contribution < 1.29 is 0 Å². The van der Waals surface area contributed by atoms with Gasteiger partial charge in [0.05, 0.1) is 16.5 Å². The zero-order valence-electron chi connectivity index (χ0n) is 7.44. The van der Waals surface area contributed by atoms with Crippen molar-refractivity contribution in [2.24, 2.45) is 0 Å². The van der Waals surface area contributed by atoms with Gasteiger partial charge in [-0.15, -0.1) is 11.3 Å². The average molecular weight is 288 g/mol. The van der Waals surface area contributed by atoms with E-state index in [0.29, 0.717) is 4.47 Å². The van der Waals surface area contributed by atoms with Crippen LogP contribution < -0.4 is 11.2 Å². The van der Waals surface area contributed by atoms with Gasteiger partial charge in [-0.05, 0) is 15.9 Å². The second-order valence-corrected chi connectivity index (χ2v) is 4.63. The first kappa shape index (κ1) is 10.3. The monoisotopic (exact) mass is 287 g/mol. The molecular formula is C8H6BrN3O2S. The van der Waals surface area contributed by atoms with Crippen LogP contribution in [0.4, 0.5) is 0 Å². The number of aromatic nitrogens is 3. The summed E-state index contributed by atoms with van der Waals surface area (Å²) in [6.45, 7) is 0.248. The predicted molar refractivity (Wildman–Crippen MR) is 60.2 cm³/mol. The molecule has 2 aromatic heterocycles. The molecule has 0 unspecified atom stereocenters. The van der Waals surface area contributed by atoms with Gasteiger partial charge >= 0.3 is 5.69 Å². The highest BCUT2D eigenvalue weighted by Gasteiger charge is 2.06. The molecule has 0 saturated heterocycles. The Bertz CT molecular complexity index is 572. The van der Waals surface area contributed by atoms with Crippen molar-refractivity contribution in [1.82, 2.24) is 14.5 Å². The molecule has 5 nitrogen and oxygen atoms in total. The van der Waals surface area contributed by atoms with Gasteiger partial charge in [0.15, 0.2) is 0 Å². The third-order valence-electron chi connectivity index (χ3n) is 1.81. The van der Waals surface area contributed by atoms with E-state index < -0.39 is 5.69 Å². The topological polar surface area (TPSA) is 67.8 Å². The van der Waals surface area contributed by atoms with Crippen molar-refractivity contribution in [2.75, 3.05) is 0 Å². The number of nitrogens with zero attached hydrogens (tertiary/aromatic N) is 2. The van der Waals surface area contributed by atoms with Gasteiger partial charge in [0, 0.05) is 17.3 Å². The van der Waals surface area contributed by atoms with Crippen molar-refractivity contribution in [3.05, 3.63) is 48.1 Å². The van der Waals surface area contributed by atoms with E-state index in [4.69, 9.17) is 0 Å². The number of hydrogen-bond donors (Lipinski definition) is 1. The minimum Gasteiger partial charge on any atom is -0.313 e. The molecule has 1 N–H and O–H groups in total. The summed E-state index contributed by atoms with van der Waals surface area (Å²) in [6, 6.07) is 0. The predicted octanol–water partition coefficient (Wildman–Crippen LogP) is 0.804. The number of nitrogens with one attached hydrogen (secondary N) is 1. The van der Waals surface area contributed by atoms with Crippen molar-refractivity contribution in [2.45, 2.75) is 6.54 Å². The highest BCUT2D eigenvalue weighted by atomic mass is 79.9. The largest absolute Gasteiger partial charge is 0.328 e. The minimum absolute atomic E-state index is 0.248. The van der Waals surface area contributed by atoms with Crippen LogP contribution in [0.15, 0.2) is 32.0 Å². The highest BCUT2D eigenvalue weighted by molar-refractivity contribution is 9.10. The van der Waals surface area contributed by atoms with Gasteiger partial charge < -0.3 is 4.98 Å². The summed E-state index contributed by atoms with van der Waals surface area (Å²) in [4.78, 5) is 30.2. The van der Waals surface area contributed by atoms with Crippen LogP contribution in [0.3, 0.4) is 0 Å². The third-order valence-corrected chi connectivity index (χ3v) is 3.15. The number of thiazole rings is 1. The minimum atomic E-state index is -0.420. The van der Waals surface area contributed by atoms with Crippen LogP contribution >= 0.6 is 27.3 Å². The van der Waals surface area contributed by atoms with Crippen LogP contribution in [0.5, 0.6) is 0 Å². The Labute approximate surface area is 96.6 Å². The lowest BCUT2D eigenvalue weighted by atomic mass is 10.5. The molecule has 0 spiro atoms. The quantitative estimate of drug-likeness (QED) is 0.889. The van der Waals surface area contributed by atoms with E-state index in [1.54, 1.807) is 11.7 Å². The Morgan fingerprint density at radius 3 is 3.00 bits per heavy atom. The number of halogens is 1. The lowest BCUT2D eigenvalue weighted by Crippen LogP contribution is -2.35. The maximum Gasteiger partial charge on any atom is 0.328 e. The maximum atomic E-state index is 11.6. The Morgan fingerprint density at radius 2 is 2.33 bits per heavy atom. The Balaban J connectivity index is 2.49. The van der Waals surface area contributed by atoms with Crippen molar-refractivity contribution in [3.8, 4) is 0 Å². The molecule has 2 rings (SSSR count). The standard InChI is InChI=1S/C8H6BrN3O2S/c9-6-2-11-8(14)12(7(6)13)3-5-1-10-4-15-5/h1-2,4H,3H2,(H,11,14). The lowest BCUT2D eigenvalue weighted by Gasteiger charge is -2.01. The van der Waals surface area contributed by atoms with Crippen molar-refractivity contribution >= 4 is 27.3 Å². The fraction of sp³-hybridized carbons (Fsp3) is 0.125. The van der Waals surface area contributed by atoms with Crippen LogP contribution in [0.1, 0.15) is 4.88 Å². The van der Waals surface area contributed by atoms with Gasteiger partial charge in [-0.25, -0.2) is 4.79 Å². The second kappa shape index (κ2) is 4.11. The second-order valence-electron chi connectivity index (χ2n) is 2.80. The molecule has 2 aromatic rings. The first-order chi connectivity index (χ1) is 7.18. The van der Waals surface area contributed by atoms with E-state index in [2.05, 4.69) is 25.9 Å². The zero-order valence-corrected chi connectivity index (χ0v) is 9.84. The van der Waals surface area contributed by atoms with Gasteiger partial charge in [0.1, 0.15) is 0 Å². The summed E-state index contributed by atoms with van der Waals surface area (Å²) in [5.74, 6) is 0. The normalized spacial score (nSPS) is 10.5. The smallest absolute Gasteiger partial charge is 0.313 e. The highest BCUT2D eigenvalue weighted by Crippen LogP contribution is 2.06. The van der Waals surface area contributed by atoms with E-state index in [9.17, 15) is 9.59 Å². The molecule has 0 aliphatic rings. The number of rotatable bonds is 2. The van der Waals surface area contributed by atoms with Crippen LogP contribution in [0.25, 0.3) is 0 Å². The first-order valence-corrected chi connectivity index (χ1v) is 5.71. The molecule has 7 heteroatoms. The number of hydrogen-bond acceptors (Lipinski definition) is 4. The molecule has 0 fully saturated rings. The SMILES string of the molecule is O=c1[nH]cc(Br)c(=O)n1Cc1cncs1. The van der Waals surface area contributed by atoms with Crippen molar-refractivity contribution in [1.29, 1.82) is 0 Å². The van der Waals surface area contributed by atoms with E-state index in [0.717, 1.165) is 9.44 Å². The maximum absolute atomic E-state index is 11.6. The van der Waals surface area contributed by atoms with E-state index in [1.165, 1.54) is 17.5 Å². The fourth-order valence-electron chi connectivity index (χ4n) is 1.11. The molecular weight excluding hydrogens is 282 g/mol. The van der Waals surface area contributed by atoms with Crippen LogP contribution in [0.2, 0.25) is 0 Å². The molecule has 0 amide bonds. The summed E-state index contributed by atoms with van der Waals surface area (Å²) in [5.41, 5.74) is 0.899. The van der Waals surface area contributed by atoms with Gasteiger partial charge in [-0.1, -0.05) is 0 Å². The molecule has 0 aliphatic carbocycles. The summed E-state index contributed by atoms with van der Waals surface area (Å²) in [5, 5.41) is 0. The molecule has 2 heterocycles. The van der Waals surface area contributed by atoms with Gasteiger partial charge in [-0.3, -0.25) is 14.3 Å². The molecule has 78 valence electrons. The Morgan fingerprint density at radius 1 is 1.53 bits per heavy atom. The molecule has 0 atom stereocenters. The van der Waals surface area contributed by atoms with Crippen LogP contribution in [-0.2, 0) is 6.54 Å². The summed E-state index contributed by atoms with van der Waals surface area (Å²) < 4.78 is 1.46. The summed E-state index contributed by atoms with van der Waals surface area (Å²) >= 11 is 4.47. The number of aromatic amines is 1. The van der Waals surface area contributed by atoms with Gasteiger partial charge in [0.2, 0.25) is 0 Å².